The van der Waals surface area contributed by atoms with E-state index in [4.69, 9.17) is 11.6 Å². The van der Waals surface area contributed by atoms with Crippen LogP contribution in [0.5, 0.6) is 0 Å². The van der Waals surface area contributed by atoms with Gasteiger partial charge in [-0.15, -0.1) is 0 Å². The van der Waals surface area contributed by atoms with Crippen LogP contribution < -0.4 is 4.90 Å². The molecule has 2 aromatic rings. The first-order valence-corrected chi connectivity index (χ1v) is 5.60. The summed E-state index contributed by atoms with van der Waals surface area (Å²) >= 11 is 5.96. The Bertz CT molecular complexity index is 473. The second-order valence-corrected chi connectivity index (χ2v) is 3.72. The van der Waals surface area contributed by atoms with E-state index in [1.54, 1.807) is 23.1 Å². The minimum Gasteiger partial charge on any atom is -0.322 e. The fourth-order valence-corrected chi connectivity index (χ4v) is 1.81. The van der Waals surface area contributed by atoms with Crippen LogP contribution in [-0.4, -0.2) is 16.5 Å². The van der Waals surface area contributed by atoms with Gasteiger partial charge in [0.05, 0.1) is 5.69 Å². The second-order valence-electron chi connectivity index (χ2n) is 3.37. The summed E-state index contributed by atoms with van der Waals surface area (Å²) in [6.45, 7) is 2.46. The lowest BCUT2D eigenvalue weighted by Gasteiger charge is -2.22. The van der Waals surface area contributed by atoms with Crippen molar-refractivity contribution in [2.24, 2.45) is 0 Å². The van der Waals surface area contributed by atoms with Gasteiger partial charge in [0.15, 0.2) is 11.0 Å². The lowest BCUT2D eigenvalue weighted by molar-refractivity contribution is 0.625. The molecule has 0 spiro atoms. The van der Waals surface area contributed by atoms with Gasteiger partial charge in [-0.05, 0) is 19.1 Å². The molecular weight excluding hydrogens is 241 g/mol. The molecule has 2 rings (SSSR count). The second kappa shape index (κ2) is 5.10. The van der Waals surface area contributed by atoms with Gasteiger partial charge in [0.25, 0.3) is 0 Å². The molecule has 3 nitrogen and oxygen atoms in total. The van der Waals surface area contributed by atoms with Crippen molar-refractivity contribution in [1.29, 1.82) is 0 Å². The van der Waals surface area contributed by atoms with Crippen LogP contribution >= 0.6 is 11.6 Å². The molecule has 0 aliphatic heterocycles. The highest BCUT2D eigenvalue weighted by atomic mass is 35.5. The monoisotopic (exact) mass is 251 g/mol. The van der Waals surface area contributed by atoms with Crippen LogP contribution in [0.2, 0.25) is 5.15 Å². The van der Waals surface area contributed by atoms with Gasteiger partial charge in [-0.3, -0.25) is 0 Å². The number of nitrogens with zero attached hydrogens (tertiary/aromatic N) is 3. The normalized spacial score (nSPS) is 10.3. The van der Waals surface area contributed by atoms with Gasteiger partial charge in [0, 0.05) is 18.9 Å². The Hall–Kier alpha value is -1.68. The Labute approximate surface area is 104 Å². The van der Waals surface area contributed by atoms with E-state index in [0.29, 0.717) is 18.1 Å². The molecule has 0 radical (unpaired) electrons. The number of para-hydroxylation sites is 1. The Morgan fingerprint density at radius 2 is 1.94 bits per heavy atom. The minimum atomic E-state index is -0.309. The third-order valence-corrected chi connectivity index (χ3v) is 2.62. The van der Waals surface area contributed by atoms with Crippen LogP contribution in [0.3, 0.4) is 0 Å². The number of hydrogen-bond donors (Lipinski definition) is 0. The highest BCUT2D eigenvalue weighted by Gasteiger charge is 2.15. The van der Waals surface area contributed by atoms with E-state index < -0.39 is 0 Å². The summed E-state index contributed by atoms with van der Waals surface area (Å²) in [7, 11) is 0. The topological polar surface area (TPSA) is 29.0 Å². The van der Waals surface area contributed by atoms with Crippen LogP contribution in [0.25, 0.3) is 0 Å². The van der Waals surface area contributed by atoms with Gasteiger partial charge in [-0.1, -0.05) is 23.7 Å². The quantitative estimate of drug-likeness (QED) is 0.837. The van der Waals surface area contributed by atoms with Crippen LogP contribution in [0.4, 0.5) is 15.9 Å². The molecule has 0 unspecified atom stereocenters. The van der Waals surface area contributed by atoms with E-state index in [1.807, 2.05) is 6.92 Å². The molecule has 0 aliphatic rings. The Morgan fingerprint density at radius 3 is 2.59 bits per heavy atom. The van der Waals surface area contributed by atoms with E-state index in [0.717, 1.165) is 0 Å². The molecule has 0 fully saturated rings. The molecule has 0 saturated heterocycles. The van der Waals surface area contributed by atoms with Crippen molar-refractivity contribution < 1.29 is 4.39 Å². The highest BCUT2D eigenvalue weighted by molar-refractivity contribution is 6.31. The van der Waals surface area contributed by atoms with E-state index in [2.05, 4.69) is 9.97 Å². The number of anilines is 2. The van der Waals surface area contributed by atoms with E-state index >= 15 is 0 Å². The number of aromatic nitrogens is 2. The van der Waals surface area contributed by atoms with Gasteiger partial charge >= 0.3 is 0 Å². The number of benzene rings is 1. The lowest BCUT2D eigenvalue weighted by atomic mass is 10.2. The first kappa shape index (κ1) is 11.8. The molecule has 0 atom stereocenters. The average molecular weight is 252 g/mol. The highest BCUT2D eigenvalue weighted by Crippen LogP contribution is 2.29. The van der Waals surface area contributed by atoms with E-state index in [-0.39, 0.29) is 11.0 Å². The van der Waals surface area contributed by atoms with Crippen molar-refractivity contribution in [3.8, 4) is 0 Å². The van der Waals surface area contributed by atoms with E-state index in [9.17, 15) is 4.39 Å². The predicted octanol–water partition coefficient (Wildman–Crippen LogP) is 3.43. The maximum absolute atomic E-state index is 13.7. The van der Waals surface area contributed by atoms with Crippen molar-refractivity contribution in [3.05, 3.63) is 47.6 Å². The average Bonchev–Trinajstić information content (AvgIpc) is 2.34. The summed E-state index contributed by atoms with van der Waals surface area (Å²) in [5.41, 5.74) is 0.442. The number of halogens is 2. The first-order valence-electron chi connectivity index (χ1n) is 5.22. The summed E-state index contributed by atoms with van der Waals surface area (Å²) in [4.78, 5) is 9.76. The third kappa shape index (κ3) is 2.36. The van der Waals surface area contributed by atoms with Gasteiger partial charge in [-0.25, -0.2) is 14.4 Å². The molecule has 1 aromatic carbocycles. The Balaban J connectivity index is 2.48. The van der Waals surface area contributed by atoms with Gasteiger partial charge < -0.3 is 4.90 Å². The van der Waals surface area contributed by atoms with Crippen molar-refractivity contribution in [2.45, 2.75) is 6.92 Å². The van der Waals surface area contributed by atoms with Crippen LogP contribution in [0, 0.1) is 5.82 Å². The van der Waals surface area contributed by atoms with Gasteiger partial charge in [0.1, 0.15) is 5.82 Å². The van der Waals surface area contributed by atoms with Crippen molar-refractivity contribution in [3.63, 3.8) is 0 Å². The zero-order valence-corrected chi connectivity index (χ0v) is 10.0. The summed E-state index contributed by atoms with van der Waals surface area (Å²) in [5, 5.41) is 0.262. The molecule has 1 aromatic heterocycles. The molecule has 0 bridgehead atoms. The summed E-state index contributed by atoms with van der Waals surface area (Å²) < 4.78 is 13.7. The van der Waals surface area contributed by atoms with E-state index in [1.165, 1.54) is 18.5 Å². The van der Waals surface area contributed by atoms with Crippen molar-refractivity contribution in [1.82, 2.24) is 9.97 Å². The molecule has 0 N–H and O–H groups in total. The Kier molecular flexibility index (Phi) is 3.54. The standard InChI is InChI=1S/C12H11ClFN3/c1-2-17(10-6-4-3-5-9(10)14)12-11(13)15-7-8-16-12/h3-8H,2H2,1H3. The van der Waals surface area contributed by atoms with Crippen LogP contribution in [0.1, 0.15) is 6.92 Å². The largest absolute Gasteiger partial charge is 0.322 e. The first-order chi connectivity index (χ1) is 8.24. The molecule has 0 aliphatic carbocycles. The zero-order chi connectivity index (χ0) is 12.3. The third-order valence-electron chi connectivity index (χ3n) is 2.35. The molecular formula is C12H11ClFN3. The molecule has 1 heterocycles. The molecule has 17 heavy (non-hydrogen) atoms. The molecule has 0 saturated carbocycles. The zero-order valence-electron chi connectivity index (χ0n) is 9.27. The smallest absolute Gasteiger partial charge is 0.172 e. The molecule has 5 heteroatoms. The summed E-state index contributed by atoms with van der Waals surface area (Å²) in [6.07, 6.45) is 3.03. The number of hydrogen-bond acceptors (Lipinski definition) is 3. The number of rotatable bonds is 3. The van der Waals surface area contributed by atoms with Gasteiger partial charge in [-0.2, -0.15) is 0 Å². The van der Waals surface area contributed by atoms with Crippen molar-refractivity contribution in [2.75, 3.05) is 11.4 Å². The molecule has 88 valence electrons. The Morgan fingerprint density at radius 1 is 1.24 bits per heavy atom. The predicted molar refractivity (Wildman–Crippen MR) is 66.1 cm³/mol. The maximum Gasteiger partial charge on any atom is 0.172 e. The van der Waals surface area contributed by atoms with Crippen molar-refractivity contribution >= 4 is 23.1 Å². The van der Waals surface area contributed by atoms with Crippen LogP contribution in [-0.2, 0) is 0 Å². The summed E-state index contributed by atoms with van der Waals surface area (Å²) in [5.74, 6) is 0.151. The molecule has 0 amide bonds. The van der Waals surface area contributed by atoms with Crippen LogP contribution in [0.15, 0.2) is 36.7 Å². The summed E-state index contributed by atoms with van der Waals surface area (Å²) in [6, 6.07) is 6.50. The van der Waals surface area contributed by atoms with Gasteiger partial charge in [0.2, 0.25) is 0 Å². The maximum atomic E-state index is 13.7. The lowest BCUT2D eigenvalue weighted by Crippen LogP contribution is -2.19. The SMILES string of the molecule is CCN(c1ccccc1F)c1nccnc1Cl. The minimum absolute atomic E-state index is 0.262. The fraction of sp³-hybridized carbons (Fsp3) is 0.167. The fourth-order valence-electron chi connectivity index (χ4n) is 1.60.